The number of nitrogens with zero attached hydrogens (tertiary/aromatic N) is 3. The summed E-state index contributed by atoms with van der Waals surface area (Å²) in [5, 5.41) is 14.8. The normalized spacial score (nSPS) is 11.8. The Labute approximate surface area is 117 Å². The second kappa shape index (κ2) is 8.03. The van der Waals surface area contributed by atoms with Gasteiger partial charge in [0.25, 0.3) is 0 Å². The fourth-order valence-corrected chi connectivity index (χ4v) is 1.87. The second-order valence-corrected chi connectivity index (χ2v) is 4.53. The molecular formula is C12H22N6O2. The number of unbranched alkanes of at least 4 members (excludes halogenated alkanes) is 2. The number of imidazole rings is 1. The van der Waals surface area contributed by atoms with Gasteiger partial charge in [0.1, 0.15) is 6.04 Å². The highest BCUT2D eigenvalue weighted by Crippen LogP contribution is 2.10. The highest BCUT2D eigenvalue weighted by Gasteiger charge is 2.25. The summed E-state index contributed by atoms with van der Waals surface area (Å²) < 4.78 is 0. The number of guanidine groups is 1. The van der Waals surface area contributed by atoms with E-state index in [1.165, 1.54) is 11.3 Å². The van der Waals surface area contributed by atoms with Crippen molar-refractivity contribution >= 4 is 11.9 Å². The van der Waals surface area contributed by atoms with Gasteiger partial charge in [0, 0.05) is 24.9 Å². The Morgan fingerprint density at radius 2 is 2.30 bits per heavy atom. The van der Waals surface area contributed by atoms with E-state index in [-0.39, 0.29) is 12.4 Å². The zero-order valence-corrected chi connectivity index (χ0v) is 11.6. The van der Waals surface area contributed by atoms with E-state index in [1.807, 2.05) is 0 Å². The van der Waals surface area contributed by atoms with Crippen LogP contribution in [0, 0.1) is 0 Å². The summed E-state index contributed by atoms with van der Waals surface area (Å²) in [7, 11) is 0. The van der Waals surface area contributed by atoms with Crippen LogP contribution < -0.4 is 11.5 Å². The lowest BCUT2D eigenvalue weighted by atomic mass is 10.1. The zero-order chi connectivity index (χ0) is 15.0. The Bertz CT molecular complexity index is 427. The topological polar surface area (TPSA) is 134 Å². The molecule has 0 aliphatic heterocycles. The van der Waals surface area contributed by atoms with Crippen molar-refractivity contribution in [1.82, 2.24) is 15.0 Å². The summed E-state index contributed by atoms with van der Waals surface area (Å²) >= 11 is 0. The molecule has 1 rings (SSSR count). The van der Waals surface area contributed by atoms with Crippen LogP contribution in [0.3, 0.4) is 0 Å². The number of rotatable bonds is 9. The lowest BCUT2D eigenvalue weighted by Crippen LogP contribution is -2.42. The van der Waals surface area contributed by atoms with Crippen molar-refractivity contribution in [2.75, 3.05) is 6.54 Å². The number of nitrogens with two attached hydrogens (primary N) is 2. The summed E-state index contributed by atoms with van der Waals surface area (Å²) in [5.74, 6) is -1.11. The molecule has 6 N–H and O–H groups in total. The van der Waals surface area contributed by atoms with Crippen LogP contribution in [0.25, 0.3) is 0 Å². The van der Waals surface area contributed by atoms with Crippen molar-refractivity contribution in [3.05, 3.63) is 18.2 Å². The van der Waals surface area contributed by atoms with Gasteiger partial charge in [-0.2, -0.15) is 0 Å². The van der Waals surface area contributed by atoms with Crippen molar-refractivity contribution < 1.29 is 9.90 Å². The van der Waals surface area contributed by atoms with Gasteiger partial charge in [0.05, 0.1) is 6.33 Å². The predicted octanol–water partition coefficient (Wildman–Crippen LogP) is 0.0860. The first-order valence-corrected chi connectivity index (χ1v) is 6.60. The number of aromatic amines is 1. The summed E-state index contributed by atoms with van der Waals surface area (Å²) in [5.41, 5.74) is 11.5. The predicted molar refractivity (Wildman–Crippen MR) is 75.8 cm³/mol. The SMILES string of the molecule is CCCCCN(N=C(N)N)C(Cc1cnc[nH]1)C(=O)O. The van der Waals surface area contributed by atoms with Gasteiger partial charge in [-0.15, -0.1) is 5.10 Å². The van der Waals surface area contributed by atoms with Gasteiger partial charge in [0.15, 0.2) is 0 Å². The van der Waals surface area contributed by atoms with Crippen molar-refractivity contribution in [2.24, 2.45) is 16.6 Å². The van der Waals surface area contributed by atoms with Crippen molar-refractivity contribution in [2.45, 2.75) is 38.6 Å². The summed E-state index contributed by atoms with van der Waals surface area (Å²) in [6.07, 6.45) is 6.23. The number of aromatic nitrogens is 2. The van der Waals surface area contributed by atoms with Crippen LogP contribution in [0.1, 0.15) is 31.9 Å². The molecule has 0 aromatic carbocycles. The fraction of sp³-hybridized carbons (Fsp3) is 0.583. The minimum Gasteiger partial charge on any atom is -0.480 e. The van der Waals surface area contributed by atoms with Crippen molar-refractivity contribution in [3.8, 4) is 0 Å². The molecule has 1 aromatic heterocycles. The number of hydrazone groups is 1. The minimum atomic E-state index is -0.971. The smallest absolute Gasteiger partial charge is 0.328 e. The van der Waals surface area contributed by atoms with E-state index in [0.29, 0.717) is 6.54 Å². The summed E-state index contributed by atoms with van der Waals surface area (Å²) in [4.78, 5) is 18.2. The number of nitrogens with one attached hydrogen (secondary N) is 1. The van der Waals surface area contributed by atoms with Gasteiger partial charge in [0.2, 0.25) is 5.96 Å². The summed E-state index contributed by atoms with van der Waals surface area (Å²) in [6.45, 7) is 2.57. The average Bonchev–Trinajstić information content (AvgIpc) is 2.87. The van der Waals surface area contributed by atoms with E-state index in [0.717, 1.165) is 25.0 Å². The Balaban J connectivity index is 2.80. The van der Waals surface area contributed by atoms with E-state index < -0.39 is 12.0 Å². The van der Waals surface area contributed by atoms with E-state index in [1.54, 1.807) is 6.20 Å². The molecule has 1 atom stereocenters. The Hall–Kier alpha value is -2.25. The van der Waals surface area contributed by atoms with E-state index in [4.69, 9.17) is 11.5 Å². The minimum absolute atomic E-state index is 0.141. The van der Waals surface area contributed by atoms with Crippen molar-refractivity contribution in [3.63, 3.8) is 0 Å². The summed E-state index contributed by atoms with van der Waals surface area (Å²) in [6, 6.07) is -0.825. The first kappa shape index (κ1) is 15.8. The molecule has 20 heavy (non-hydrogen) atoms. The van der Waals surface area contributed by atoms with E-state index in [9.17, 15) is 9.90 Å². The quantitative estimate of drug-likeness (QED) is 0.219. The second-order valence-electron chi connectivity index (χ2n) is 4.53. The van der Waals surface area contributed by atoms with Gasteiger partial charge in [-0.1, -0.05) is 19.8 Å². The molecule has 8 heteroatoms. The van der Waals surface area contributed by atoms with Crippen molar-refractivity contribution in [1.29, 1.82) is 0 Å². The van der Waals surface area contributed by atoms with Crippen LogP contribution in [0.2, 0.25) is 0 Å². The number of H-pyrrole nitrogens is 1. The molecule has 0 fully saturated rings. The van der Waals surface area contributed by atoms with E-state index >= 15 is 0 Å². The zero-order valence-electron chi connectivity index (χ0n) is 11.6. The van der Waals surface area contributed by atoms with E-state index in [2.05, 4.69) is 22.0 Å². The first-order chi connectivity index (χ1) is 9.54. The van der Waals surface area contributed by atoms with Gasteiger partial charge in [-0.05, 0) is 6.42 Å². The van der Waals surface area contributed by atoms with Crippen LogP contribution in [0.5, 0.6) is 0 Å². The van der Waals surface area contributed by atoms with Crippen LogP contribution in [0.15, 0.2) is 17.6 Å². The number of carboxylic acid groups (broad SMARTS) is 1. The average molecular weight is 282 g/mol. The third kappa shape index (κ3) is 5.17. The standard InChI is InChI=1S/C12H22N6O2/c1-2-3-4-5-18(17-12(13)14)10(11(19)20)6-9-7-15-8-16-9/h7-8,10H,2-6H2,1H3,(H,15,16)(H,19,20)(H4,13,14,17). The largest absolute Gasteiger partial charge is 0.480 e. The Kier molecular flexibility index (Phi) is 6.34. The van der Waals surface area contributed by atoms with Crippen LogP contribution >= 0.6 is 0 Å². The maximum Gasteiger partial charge on any atom is 0.328 e. The molecule has 0 saturated carbocycles. The molecule has 1 unspecified atom stereocenters. The molecule has 8 nitrogen and oxygen atoms in total. The molecule has 0 spiro atoms. The molecule has 0 aliphatic carbocycles. The van der Waals surface area contributed by atoms with Gasteiger partial charge in [-0.25, -0.2) is 9.78 Å². The maximum atomic E-state index is 11.5. The Morgan fingerprint density at radius 1 is 1.55 bits per heavy atom. The first-order valence-electron chi connectivity index (χ1n) is 6.60. The van der Waals surface area contributed by atoms with Crippen LogP contribution in [0.4, 0.5) is 0 Å². The molecule has 0 bridgehead atoms. The molecule has 0 radical (unpaired) electrons. The third-order valence-electron chi connectivity index (χ3n) is 2.85. The molecule has 0 saturated heterocycles. The van der Waals surface area contributed by atoms with Crippen LogP contribution in [-0.2, 0) is 11.2 Å². The number of carboxylic acids is 1. The molecular weight excluding hydrogens is 260 g/mol. The van der Waals surface area contributed by atoms with Crippen LogP contribution in [-0.4, -0.2) is 44.6 Å². The molecule has 0 aliphatic rings. The number of hydrogen-bond acceptors (Lipinski definition) is 4. The van der Waals surface area contributed by atoms with Gasteiger partial charge < -0.3 is 21.6 Å². The molecule has 1 heterocycles. The molecule has 112 valence electrons. The fourth-order valence-electron chi connectivity index (χ4n) is 1.87. The molecule has 0 amide bonds. The number of carbonyl (C=O) groups is 1. The monoisotopic (exact) mass is 282 g/mol. The number of aliphatic carboxylic acids is 1. The lowest BCUT2D eigenvalue weighted by Gasteiger charge is -2.25. The lowest BCUT2D eigenvalue weighted by molar-refractivity contribution is -0.143. The highest BCUT2D eigenvalue weighted by atomic mass is 16.4. The van der Waals surface area contributed by atoms with Gasteiger partial charge >= 0.3 is 5.97 Å². The third-order valence-corrected chi connectivity index (χ3v) is 2.85. The highest BCUT2D eigenvalue weighted by molar-refractivity contribution is 5.77. The maximum absolute atomic E-state index is 11.5. The Morgan fingerprint density at radius 3 is 2.80 bits per heavy atom. The van der Waals surface area contributed by atoms with Gasteiger partial charge in [-0.3, -0.25) is 5.01 Å². The number of hydrogen-bond donors (Lipinski definition) is 4. The molecule has 1 aromatic rings.